The molecule has 2 aromatic rings. The molecule has 0 aliphatic carbocycles. The molecule has 0 atom stereocenters. The highest BCUT2D eigenvalue weighted by atomic mass is 19.1. The number of rotatable bonds is 4. The van der Waals surface area contributed by atoms with Crippen molar-refractivity contribution in [2.45, 2.75) is 13.5 Å². The highest BCUT2D eigenvalue weighted by Crippen LogP contribution is 2.02. The van der Waals surface area contributed by atoms with Crippen molar-refractivity contribution < 1.29 is 9.18 Å². The van der Waals surface area contributed by atoms with E-state index in [0.717, 1.165) is 9.08 Å². The Kier molecular flexibility index (Phi) is 3.31. The van der Waals surface area contributed by atoms with E-state index in [1.54, 1.807) is 6.92 Å². The second-order valence-electron chi connectivity index (χ2n) is 3.43. The number of aryl methyl sites for hydroxylation is 1. The minimum Gasteiger partial charge on any atom is -0.351 e. The van der Waals surface area contributed by atoms with E-state index in [1.165, 1.54) is 6.33 Å². The highest BCUT2D eigenvalue weighted by molar-refractivity contribution is 5.97. The SMILES string of the molecule is CCNC(=O)c1ncn2c(=O)n(CCF)nnc12. The van der Waals surface area contributed by atoms with Crippen LogP contribution in [0.2, 0.25) is 0 Å². The molecule has 96 valence electrons. The molecular formula is C9H11FN6O2. The number of imidazole rings is 1. The largest absolute Gasteiger partial charge is 0.353 e. The molecule has 2 aromatic heterocycles. The number of fused-ring (bicyclic) bond motifs is 1. The van der Waals surface area contributed by atoms with Gasteiger partial charge in [0.05, 0.1) is 6.54 Å². The lowest BCUT2D eigenvalue weighted by molar-refractivity contribution is 0.0952. The first-order valence-electron chi connectivity index (χ1n) is 5.34. The molecule has 0 fully saturated rings. The minimum absolute atomic E-state index is 0.0221. The van der Waals surface area contributed by atoms with Gasteiger partial charge in [-0.05, 0) is 6.92 Å². The predicted molar refractivity (Wildman–Crippen MR) is 59.0 cm³/mol. The van der Waals surface area contributed by atoms with Gasteiger partial charge in [0.25, 0.3) is 5.91 Å². The average molecular weight is 254 g/mol. The van der Waals surface area contributed by atoms with Crippen molar-refractivity contribution in [3.05, 3.63) is 22.5 Å². The molecule has 0 unspecified atom stereocenters. The van der Waals surface area contributed by atoms with Gasteiger partial charge >= 0.3 is 5.69 Å². The van der Waals surface area contributed by atoms with E-state index in [9.17, 15) is 14.0 Å². The monoisotopic (exact) mass is 254 g/mol. The Morgan fingerprint density at radius 3 is 3.00 bits per heavy atom. The van der Waals surface area contributed by atoms with Crippen molar-refractivity contribution in [2.24, 2.45) is 0 Å². The van der Waals surface area contributed by atoms with Gasteiger partial charge in [-0.1, -0.05) is 5.21 Å². The molecule has 2 rings (SSSR count). The fourth-order valence-corrected chi connectivity index (χ4v) is 1.46. The number of carbonyl (C=O) groups excluding carboxylic acids is 1. The maximum Gasteiger partial charge on any atom is 0.353 e. The second kappa shape index (κ2) is 4.90. The molecule has 8 nitrogen and oxygen atoms in total. The van der Waals surface area contributed by atoms with Crippen LogP contribution >= 0.6 is 0 Å². The summed E-state index contributed by atoms with van der Waals surface area (Å²) in [4.78, 5) is 27.2. The molecule has 0 aliphatic heterocycles. The van der Waals surface area contributed by atoms with Crippen LogP contribution in [0.1, 0.15) is 17.4 Å². The van der Waals surface area contributed by atoms with Gasteiger partial charge in [-0.15, -0.1) is 5.10 Å². The summed E-state index contributed by atoms with van der Waals surface area (Å²) in [5.41, 5.74) is -0.504. The Hall–Kier alpha value is -2.32. The zero-order chi connectivity index (χ0) is 13.1. The topological polar surface area (TPSA) is 94.2 Å². The molecule has 0 spiro atoms. The van der Waals surface area contributed by atoms with Crippen LogP contribution in [0.4, 0.5) is 4.39 Å². The molecule has 2 heterocycles. The van der Waals surface area contributed by atoms with Crippen molar-refractivity contribution in [3.8, 4) is 0 Å². The average Bonchev–Trinajstić information content (AvgIpc) is 2.78. The van der Waals surface area contributed by atoms with Crippen molar-refractivity contribution in [1.82, 2.24) is 29.7 Å². The number of hydrogen-bond acceptors (Lipinski definition) is 5. The normalized spacial score (nSPS) is 10.8. The quantitative estimate of drug-likeness (QED) is 0.755. The number of carbonyl (C=O) groups is 1. The third kappa shape index (κ3) is 1.94. The molecule has 0 aromatic carbocycles. The summed E-state index contributed by atoms with van der Waals surface area (Å²) >= 11 is 0. The van der Waals surface area contributed by atoms with E-state index in [4.69, 9.17) is 0 Å². The van der Waals surface area contributed by atoms with Gasteiger partial charge in [0, 0.05) is 6.54 Å². The summed E-state index contributed by atoms with van der Waals surface area (Å²) in [5, 5.41) is 9.80. The predicted octanol–water partition coefficient (Wildman–Crippen LogP) is -0.995. The maximum absolute atomic E-state index is 12.2. The lowest BCUT2D eigenvalue weighted by atomic mass is 10.4. The Bertz CT molecular complexity index is 634. The number of hydrogen-bond donors (Lipinski definition) is 1. The molecule has 1 N–H and O–H groups in total. The van der Waals surface area contributed by atoms with Gasteiger partial charge in [-0.25, -0.2) is 18.6 Å². The molecule has 0 saturated heterocycles. The molecule has 0 saturated carbocycles. The number of amides is 1. The van der Waals surface area contributed by atoms with Gasteiger partial charge in [0.15, 0.2) is 11.3 Å². The third-order valence-electron chi connectivity index (χ3n) is 2.27. The van der Waals surface area contributed by atoms with Crippen LogP contribution in [0.15, 0.2) is 11.1 Å². The van der Waals surface area contributed by atoms with Gasteiger partial charge in [0.1, 0.15) is 13.0 Å². The van der Waals surface area contributed by atoms with E-state index in [-0.39, 0.29) is 17.9 Å². The first-order chi connectivity index (χ1) is 8.69. The van der Waals surface area contributed by atoms with Crippen molar-refractivity contribution in [2.75, 3.05) is 13.2 Å². The lowest BCUT2D eigenvalue weighted by Gasteiger charge is -2.01. The summed E-state index contributed by atoms with van der Waals surface area (Å²) in [6.45, 7) is 1.29. The summed E-state index contributed by atoms with van der Waals surface area (Å²) in [6, 6.07) is 0. The maximum atomic E-state index is 12.2. The van der Waals surface area contributed by atoms with Crippen molar-refractivity contribution in [3.63, 3.8) is 0 Å². The number of aromatic nitrogens is 5. The molecule has 18 heavy (non-hydrogen) atoms. The van der Waals surface area contributed by atoms with E-state index in [0.29, 0.717) is 6.54 Å². The lowest BCUT2D eigenvalue weighted by Crippen LogP contribution is -2.31. The molecule has 0 aliphatic rings. The standard InChI is InChI=1S/C9H11FN6O2/c1-2-11-8(17)6-7-13-14-16(4-3-10)9(18)15(7)5-12-6/h5H,2-4H2,1H3,(H,11,17). The van der Waals surface area contributed by atoms with Crippen LogP contribution < -0.4 is 11.0 Å². The second-order valence-corrected chi connectivity index (χ2v) is 3.43. The molecule has 9 heteroatoms. The first-order valence-corrected chi connectivity index (χ1v) is 5.34. The van der Waals surface area contributed by atoms with Gasteiger partial charge in [-0.3, -0.25) is 4.79 Å². The Balaban J connectivity index is 2.53. The van der Waals surface area contributed by atoms with E-state index in [2.05, 4.69) is 20.6 Å². The minimum atomic E-state index is -0.724. The molecule has 0 bridgehead atoms. The van der Waals surface area contributed by atoms with Gasteiger partial charge in [-0.2, -0.15) is 4.68 Å². The summed E-state index contributed by atoms with van der Waals surface area (Å²) < 4.78 is 14.1. The van der Waals surface area contributed by atoms with Crippen molar-refractivity contribution in [1.29, 1.82) is 0 Å². The summed E-state index contributed by atoms with van der Waals surface area (Å²) in [5.74, 6) is -0.433. The van der Waals surface area contributed by atoms with Crippen LogP contribution in [0.3, 0.4) is 0 Å². The molecule has 0 radical (unpaired) electrons. The number of nitrogens with zero attached hydrogens (tertiary/aromatic N) is 5. The summed E-state index contributed by atoms with van der Waals surface area (Å²) in [6.07, 6.45) is 1.17. The van der Waals surface area contributed by atoms with Crippen LogP contribution in [0.5, 0.6) is 0 Å². The number of alkyl halides is 1. The van der Waals surface area contributed by atoms with Crippen LogP contribution in [-0.2, 0) is 6.54 Å². The van der Waals surface area contributed by atoms with Crippen LogP contribution in [-0.4, -0.2) is 43.5 Å². The smallest absolute Gasteiger partial charge is 0.351 e. The van der Waals surface area contributed by atoms with Crippen molar-refractivity contribution >= 4 is 11.6 Å². The third-order valence-corrected chi connectivity index (χ3v) is 2.27. The first kappa shape index (κ1) is 12.1. The zero-order valence-corrected chi connectivity index (χ0v) is 9.63. The fourth-order valence-electron chi connectivity index (χ4n) is 1.46. The van der Waals surface area contributed by atoms with Crippen LogP contribution in [0, 0.1) is 0 Å². The highest BCUT2D eigenvalue weighted by Gasteiger charge is 2.16. The van der Waals surface area contributed by atoms with E-state index < -0.39 is 18.3 Å². The molecular weight excluding hydrogens is 243 g/mol. The Morgan fingerprint density at radius 1 is 1.56 bits per heavy atom. The van der Waals surface area contributed by atoms with Crippen LogP contribution in [0.25, 0.3) is 5.65 Å². The van der Waals surface area contributed by atoms with E-state index in [1.807, 2.05) is 0 Å². The summed E-state index contributed by atoms with van der Waals surface area (Å²) in [7, 11) is 0. The number of halogens is 1. The zero-order valence-electron chi connectivity index (χ0n) is 9.63. The number of nitrogens with one attached hydrogen (secondary N) is 1. The molecule has 1 amide bonds. The van der Waals surface area contributed by atoms with Gasteiger partial charge in [0.2, 0.25) is 0 Å². The fraction of sp³-hybridized carbons (Fsp3) is 0.444. The Morgan fingerprint density at radius 2 is 2.33 bits per heavy atom. The Labute approximate surface area is 100 Å². The van der Waals surface area contributed by atoms with Gasteiger partial charge < -0.3 is 5.32 Å². The van der Waals surface area contributed by atoms with E-state index >= 15 is 0 Å².